The maximum Gasteiger partial charge on any atom is 0.308 e. The highest BCUT2D eigenvalue weighted by atomic mass is 35.5. The molecule has 166 valence electrons. The molecule has 0 fully saturated rings. The Morgan fingerprint density at radius 2 is 1.81 bits per heavy atom. The molecule has 4 rings (SSSR count). The van der Waals surface area contributed by atoms with E-state index in [4.69, 9.17) is 11.6 Å². The molecule has 0 bridgehead atoms. The normalized spacial score (nSPS) is 12.9. The molecule has 1 atom stereocenters. The zero-order chi connectivity index (χ0) is 23.0. The molecule has 1 heterocycles. The number of thiazole rings is 1. The van der Waals surface area contributed by atoms with Crippen molar-refractivity contribution in [2.75, 3.05) is 0 Å². The summed E-state index contributed by atoms with van der Waals surface area (Å²) in [5.74, 6) is 0. The van der Waals surface area contributed by atoms with Crippen LogP contribution in [0.1, 0.15) is 35.2 Å². The van der Waals surface area contributed by atoms with E-state index in [-0.39, 0.29) is 15.8 Å². The van der Waals surface area contributed by atoms with Crippen LogP contribution in [0.25, 0.3) is 10.2 Å². The lowest BCUT2D eigenvalue weighted by atomic mass is 10.0. The molecule has 1 aromatic heterocycles. The summed E-state index contributed by atoms with van der Waals surface area (Å²) >= 11 is 7.28. The average Bonchev–Trinajstić information content (AvgIpc) is 3.05. The Bertz CT molecular complexity index is 1470. The fraction of sp³-hybridized carbons (Fsp3) is 0.208. The van der Waals surface area contributed by atoms with E-state index in [2.05, 4.69) is 4.72 Å². The summed E-state index contributed by atoms with van der Waals surface area (Å²) in [6.45, 7) is 6.10. The van der Waals surface area contributed by atoms with Crippen LogP contribution in [-0.2, 0) is 16.6 Å². The second-order valence-electron chi connectivity index (χ2n) is 7.88. The Hall–Kier alpha value is -2.45. The topological polar surface area (TPSA) is 68.2 Å². The van der Waals surface area contributed by atoms with Gasteiger partial charge in [-0.05, 0) is 61.7 Å². The Balaban J connectivity index is 1.66. The summed E-state index contributed by atoms with van der Waals surface area (Å²) in [6.07, 6.45) is 0. The van der Waals surface area contributed by atoms with Crippen molar-refractivity contribution < 1.29 is 8.42 Å². The first kappa shape index (κ1) is 22.7. The van der Waals surface area contributed by atoms with Gasteiger partial charge in [-0.25, -0.2) is 13.1 Å². The van der Waals surface area contributed by atoms with Crippen molar-refractivity contribution in [1.29, 1.82) is 0 Å². The van der Waals surface area contributed by atoms with E-state index in [1.165, 1.54) is 6.07 Å². The molecular weight excluding hydrogens is 464 g/mol. The van der Waals surface area contributed by atoms with E-state index in [0.717, 1.165) is 33.6 Å². The number of hydrogen-bond donors (Lipinski definition) is 1. The number of halogens is 1. The van der Waals surface area contributed by atoms with Gasteiger partial charge < -0.3 is 0 Å². The fourth-order valence-corrected chi connectivity index (χ4v) is 6.20. The molecule has 1 unspecified atom stereocenters. The van der Waals surface area contributed by atoms with Crippen LogP contribution in [0.5, 0.6) is 0 Å². The first-order chi connectivity index (χ1) is 15.2. The minimum atomic E-state index is -3.77. The van der Waals surface area contributed by atoms with Crippen molar-refractivity contribution in [3.63, 3.8) is 0 Å². The Morgan fingerprint density at radius 1 is 1.06 bits per heavy atom. The minimum absolute atomic E-state index is 0.133. The molecule has 0 saturated heterocycles. The number of sulfonamides is 1. The van der Waals surface area contributed by atoms with Crippen molar-refractivity contribution in [3.8, 4) is 0 Å². The third-order valence-corrected chi connectivity index (χ3v) is 8.32. The quantitative estimate of drug-likeness (QED) is 0.395. The van der Waals surface area contributed by atoms with Crippen LogP contribution in [0.15, 0.2) is 70.4 Å². The zero-order valence-electron chi connectivity index (χ0n) is 17.9. The van der Waals surface area contributed by atoms with Gasteiger partial charge in [0.1, 0.15) is 0 Å². The summed E-state index contributed by atoms with van der Waals surface area (Å²) in [6, 6.07) is 17.7. The summed E-state index contributed by atoms with van der Waals surface area (Å²) < 4.78 is 31.1. The average molecular weight is 487 g/mol. The van der Waals surface area contributed by atoms with Gasteiger partial charge in [-0.15, -0.1) is 0 Å². The van der Waals surface area contributed by atoms with E-state index < -0.39 is 10.0 Å². The largest absolute Gasteiger partial charge is 0.308 e. The maximum atomic E-state index is 13.1. The number of benzene rings is 3. The van der Waals surface area contributed by atoms with Gasteiger partial charge in [0.25, 0.3) is 0 Å². The fourth-order valence-electron chi connectivity index (χ4n) is 3.75. The van der Waals surface area contributed by atoms with Crippen LogP contribution < -0.4 is 9.60 Å². The lowest BCUT2D eigenvalue weighted by molar-refractivity contribution is 0.566. The maximum absolute atomic E-state index is 13.1. The Morgan fingerprint density at radius 3 is 2.56 bits per heavy atom. The Kier molecular flexibility index (Phi) is 6.27. The highest BCUT2D eigenvalue weighted by Crippen LogP contribution is 2.26. The molecule has 0 aliphatic rings. The minimum Gasteiger partial charge on any atom is -0.294 e. The molecule has 0 amide bonds. The second kappa shape index (κ2) is 8.83. The van der Waals surface area contributed by atoms with E-state index in [1.54, 1.807) is 22.8 Å². The molecule has 4 aromatic rings. The lowest BCUT2D eigenvalue weighted by Crippen LogP contribution is -2.27. The predicted octanol–water partition coefficient (Wildman–Crippen LogP) is 5.42. The van der Waals surface area contributed by atoms with Crippen molar-refractivity contribution in [1.82, 2.24) is 9.29 Å². The number of nitrogens with zero attached hydrogens (tertiary/aromatic N) is 1. The van der Waals surface area contributed by atoms with E-state index in [9.17, 15) is 13.2 Å². The van der Waals surface area contributed by atoms with Crippen LogP contribution >= 0.6 is 22.9 Å². The summed E-state index contributed by atoms with van der Waals surface area (Å²) in [7, 11) is -3.77. The van der Waals surface area contributed by atoms with Gasteiger partial charge in [0, 0.05) is 11.1 Å². The first-order valence-corrected chi connectivity index (χ1v) is 12.8. The van der Waals surface area contributed by atoms with Crippen molar-refractivity contribution in [2.24, 2.45) is 0 Å². The lowest BCUT2D eigenvalue weighted by Gasteiger charge is -2.17. The predicted molar refractivity (Wildman–Crippen MR) is 131 cm³/mol. The molecule has 0 aliphatic carbocycles. The molecule has 0 aliphatic heterocycles. The number of fused-ring (bicyclic) bond motifs is 1. The van der Waals surface area contributed by atoms with Crippen LogP contribution in [-0.4, -0.2) is 13.0 Å². The molecule has 0 radical (unpaired) electrons. The second-order valence-corrected chi connectivity index (χ2v) is 11.0. The molecule has 8 heteroatoms. The highest BCUT2D eigenvalue weighted by Gasteiger charge is 2.21. The summed E-state index contributed by atoms with van der Waals surface area (Å²) in [4.78, 5) is 12.6. The van der Waals surface area contributed by atoms with Gasteiger partial charge in [-0.1, -0.05) is 64.9 Å². The molecule has 5 nitrogen and oxygen atoms in total. The van der Waals surface area contributed by atoms with Gasteiger partial charge in [0.15, 0.2) is 0 Å². The van der Waals surface area contributed by atoms with Crippen LogP contribution in [0.2, 0.25) is 5.02 Å². The third-order valence-electron chi connectivity index (χ3n) is 5.47. The molecular formula is C24H23ClN2O3S2. The number of nitrogens with one attached hydrogen (secondary N) is 1. The number of aromatic nitrogens is 1. The molecule has 0 spiro atoms. The van der Waals surface area contributed by atoms with Crippen molar-refractivity contribution >= 4 is 43.2 Å². The van der Waals surface area contributed by atoms with Gasteiger partial charge >= 0.3 is 4.87 Å². The molecule has 32 heavy (non-hydrogen) atoms. The van der Waals surface area contributed by atoms with Crippen molar-refractivity contribution in [3.05, 3.63) is 97.6 Å². The SMILES string of the molecule is Cc1ccc(C)c(C(C)NS(=O)(=O)c2ccc3c(c2)sc(=O)n3Cc2ccccc2Cl)c1. The number of hydrogen-bond acceptors (Lipinski definition) is 4. The standard InChI is InChI=1S/C24H23ClN2O3S2/c1-15-8-9-16(2)20(12-15)17(3)26-32(29,30)19-10-11-22-23(13-19)31-24(28)27(22)14-18-6-4-5-7-21(18)25/h4-13,17,26H,14H2,1-3H3. The van der Waals surface area contributed by atoms with Crippen molar-refractivity contribution in [2.45, 2.75) is 38.3 Å². The van der Waals surface area contributed by atoms with Gasteiger partial charge in [-0.2, -0.15) is 0 Å². The van der Waals surface area contributed by atoms with Crippen LogP contribution in [0, 0.1) is 13.8 Å². The molecule has 0 saturated carbocycles. The smallest absolute Gasteiger partial charge is 0.294 e. The summed E-state index contributed by atoms with van der Waals surface area (Å²) in [5.41, 5.74) is 4.54. The van der Waals surface area contributed by atoms with Gasteiger partial charge in [-0.3, -0.25) is 9.36 Å². The number of rotatable bonds is 6. The third kappa shape index (κ3) is 4.52. The van der Waals surface area contributed by atoms with Gasteiger partial charge in [0.2, 0.25) is 10.0 Å². The Labute approximate surface area is 196 Å². The highest BCUT2D eigenvalue weighted by molar-refractivity contribution is 7.89. The monoisotopic (exact) mass is 486 g/mol. The summed E-state index contributed by atoms with van der Waals surface area (Å²) in [5, 5.41) is 0.586. The van der Waals surface area contributed by atoms with Gasteiger partial charge in [0.05, 0.1) is 21.7 Å². The van der Waals surface area contributed by atoms with Crippen LogP contribution in [0.3, 0.4) is 0 Å². The van der Waals surface area contributed by atoms with E-state index in [1.807, 2.05) is 57.2 Å². The zero-order valence-corrected chi connectivity index (χ0v) is 20.3. The molecule has 1 N–H and O–H groups in total. The van der Waals surface area contributed by atoms with E-state index >= 15 is 0 Å². The van der Waals surface area contributed by atoms with E-state index in [0.29, 0.717) is 21.8 Å². The molecule has 3 aromatic carbocycles. The van der Waals surface area contributed by atoms with Crippen LogP contribution in [0.4, 0.5) is 0 Å². The first-order valence-electron chi connectivity index (χ1n) is 10.1. The number of aryl methyl sites for hydroxylation is 2.